The number of benzene rings is 2. The van der Waals surface area contributed by atoms with E-state index in [0.29, 0.717) is 12.8 Å². The number of alkyl halides is 6. The zero-order chi connectivity index (χ0) is 32.6. The zero-order valence-electron chi connectivity index (χ0n) is 22.8. The molecular weight excluding hydrogens is 648 g/mol. The molecule has 236 valence electrons. The summed E-state index contributed by atoms with van der Waals surface area (Å²) in [6, 6.07) is 3.77. The SMILES string of the molecule is Cc1c(C(=O)N(C(=O)OC2(C(F)(F)F)CC2)C(=O)C2CC2)ccc(C2=NOC(c3cc(Cl)c(F)c(Cl)c3)(C(F)(F)F)C2)c1C. The Bertz CT molecular complexity index is 1590. The van der Waals surface area contributed by atoms with Crippen molar-refractivity contribution in [1.82, 2.24) is 4.90 Å². The summed E-state index contributed by atoms with van der Waals surface area (Å²) in [5.41, 5.74) is -6.57. The molecule has 2 saturated carbocycles. The standard InChI is InChI=1S/C28H21Cl2F7N2O5/c1-12-13(2)17(23(41)39(22(40)14-3-4-14)24(42)43-25(7-8-25)27(32,33)34)6-5-16(12)20-11-26(44-38-20,28(35,36)37)15-9-18(29)21(31)19(30)10-15/h5-6,9-10,14H,3-4,7-8,11H2,1-2H3. The molecule has 0 aromatic heterocycles. The maximum absolute atomic E-state index is 14.4. The molecule has 1 atom stereocenters. The minimum atomic E-state index is -5.08. The van der Waals surface area contributed by atoms with Gasteiger partial charge in [-0.05, 0) is 56.0 Å². The number of hydrogen-bond donors (Lipinski definition) is 0. The van der Waals surface area contributed by atoms with Crippen LogP contribution in [0.4, 0.5) is 35.5 Å². The van der Waals surface area contributed by atoms with Gasteiger partial charge in [0.25, 0.3) is 11.5 Å². The molecule has 2 aromatic carbocycles. The molecule has 3 amide bonds. The number of ether oxygens (including phenoxy) is 1. The van der Waals surface area contributed by atoms with Crippen molar-refractivity contribution < 1.29 is 54.7 Å². The van der Waals surface area contributed by atoms with Gasteiger partial charge in [-0.2, -0.15) is 31.2 Å². The summed E-state index contributed by atoms with van der Waals surface area (Å²) in [6.07, 6.45) is -13.0. The van der Waals surface area contributed by atoms with E-state index in [1.807, 2.05) is 0 Å². The third-order valence-electron chi connectivity index (χ3n) is 8.00. The monoisotopic (exact) mass is 668 g/mol. The minimum absolute atomic E-state index is 0.0534. The topological polar surface area (TPSA) is 85.3 Å². The summed E-state index contributed by atoms with van der Waals surface area (Å²) in [5, 5.41) is 2.30. The number of hydrogen-bond acceptors (Lipinski definition) is 6. The molecule has 44 heavy (non-hydrogen) atoms. The van der Waals surface area contributed by atoms with Crippen molar-refractivity contribution in [2.24, 2.45) is 11.1 Å². The number of oxime groups is 1. The highest BCUT2D eigenvalue weighted by atomic mass is 35.5. The van der Waals surface area contributed by atoms with Gasteiger partial charge in [0.2, 0.25) is 11.5 Å². The van der Waals surface area contributed by atoms with Crippen LogP contribution in [0.5, 0.6) is 0 Å². The summed E-state index contributed by atoms with van der Waals surface area (Å²) in [7, 11) is 0. The van der Waals surface area contributed by atoms with Crippen LogP contribution in [-0.4, -0.2) is 46.5 Å². The lowest BCUT2D eigenvalue weighted by molar-refractivity contribution is -0.275. The maximum Gasteiger partial charge on any atom is 0.435 e. The fraction of sp³-hybridized carbons (Fsp3) is 0.429. The van der Waals surface area contributed by atoms with Crippen molar-refractivity contribution in [3.8, 4) is 0 Å². The number of imide groups is 3. The van der Waals surface area contributed by atoms with Gasteiger partial charge in [-0.15, -0.1) is 0 Å². The number of carbonyl (C=O) groups excluding carboxylic acids is 3. The van der Waals surface area contributed by atoms with Crippen molar-refractivity contribution in [2.75, 3.05) is 0 Å². The second kappa shape index (κ2) is 10.6. The van der Waals surface area contributed by atoms with Crippen molar-refractivity contribution in [3.05, 3.63) is 67.9 Å². The smallest absolute Gasteiger partial charge is 0.432 e. The molecule has 2 aromatic rings. The second-order valence-corrected chi connectivity index (χ2v) is 11.7. The fourth-order valence-corrected chi connectivity index (χ4v) is 5.36. The van der Waals surface area contributed by atoms with E-state index in [2.05, 4.69) is 9.89 Å². The van der Waals surface area contributed by atoms with Gasteiger partial charge in [0, 0.05) is 41.9 Å². The van der Waals surface area contributed by atoms with Crippen molar-refractivity contribution in [2.45, 2.75) is 69.5 Å². The molecule has 5 rings (SSSR count). The minimum Gasteiger partial charge on any atom is -0.432 e. The highest BCUT2D eigenvalue weighted by Crippen LogP contribution is 2.53. The van der Waals surface area contributed by atoms with Crippen LogP contribution >= 0.6 is 23.2 Å². The van der Waals surface area contributed by atoms with Crippen LogP contribution in [0.1, 0.15) is 64.7 Å². The predicted octanol–water partition coefficient (Wildman–Crippen LogP) is 7.94. The lowest BCUT2D eigenvalue weighted by Crippen LogP contribution is -2.47. The Hall–Kier alpha value is -3.39. The molecule has 1 aliphatic heterocycles. The average Bonchev–Trinajstić information content (AvgIpc) is 3.85. The number of rotatable bonds is 5. The van der Waals surface area contributed by atoms with Gasteiger partial charge >= 0.3 is 18.4 Å². The van der Waals surface area contributed by atoms with Crippen LogP contribution in [-0.2, 0) is 20.0 Å². The van der Waals surface area contributed by atoms with E-state index in [0.717, 1.165) is 18.2 Å². The molecule has 2 aliphatic carbocycles. The molecular formula is C28H21Cl2F7N2O5. The van der Waals surface area contributed by atoms with E-state index in [9.17, 15) is 45.1 Å². The zero-order valence-corrected chi connectivity index (χ0v) is 24.3. The van der Waals surface area contributed by atoms with Gasteiger partial charge in [-0.3, -0.25) is 9.59 Å². The fourth-order valence-electron chi connectivity index (χ4n) is 4.88. The largest absolute Gasteiger partial charge is 0.435 e. The Labute approximate surface area is 254 Å². The molecule has 0 radical (unpaired) electrons. The molecule has 3 aliphatic rings. The first-order valence-corrected chi connectivity index (χ1v) is 13.8. The van der Waals surface area contributed by atoms with Crippen LogP contribution in [0.2, 0.25) is 10.0 Å². The molecule has 1 unspecified atom stereocenters. The van der Waals surface area contributed by atoms with Crippen LogP contribution in [0, 0.1) is 25.6 Å². The third-order valence-corrected chi connectivity index (χ3v) is 8.55. The first-order valence-electron chi connectivity index (χ1n) is 13.1. The first-order chi connectivity index (χ1) is 20.3. The van der Waals surface area contributed by atoms with E-state index in [1.165, 1.54) is 19.9 Å². The molecule has 0 bridgehead atoms. The molecule has 0 N–H and O–H groups in total. The van der Waals surface area contributed by atoms with Gasteiger partial charge in [-0.25, -0.2) is 9.18 Å². The maximum atomic E-state index is 14.4. The Kier molecular flexibility index (Phi) is 7.72. The normalized spacial score (nSPS) is 20.9. The summed E-state index contributed by atoms with van der Waals surface area (Å²) in [4.78, 5) is 44.2. The number of nitrogens with zero attached hydrogens (tertiary/aromatic N) is 2. The van der Waals surface area contributed by atoms with Gasteiger partial charge in [0.05, 0.1) is 15.8 Å². The molecule has 0 saturated heterocycles. The molecule has 0 spiro atoms. The van der Waals surface area contributed by atoms with Crippen LogP contribution in [0.15, 0.2) is 29.4 Å². The lowest BCUT2D eigenvalue weighted by Gasteiger charge is -2.30. The van der Waals surface area contributed by atoms with E-state index < -0.39 is 88.1 Å². The molecule has 7 nitrogen and oxygen atoms in total. The average molecular weight is 669 g/mol. The molecule has 2 fully saturated rings. The van der Waals surface area contributed by atoms with Crippen LogP contribution in [0.25, 0.3) is 0 Å². The first kappa shape index (κ1) is 32.0. The second-order valence-electron chi connectivity index (χ2n) is 10.9. The predicted molar refractivity (Wildman–Crippen MR) is 141 cm³/mol. The highest BCUT2D eigenvalue weighted by molar-refractivity contribution is 6.35. The highest BCUT2D eigenvalue weighted by Gasteiger charge is 2.68. The Morgan fingerprint density at radius 3 is 2.07 bits per heavy atom. The lowest BCUT2D eigenvalue weighted by atomic mass is 9.84. The summed E-state index contributed by atoms with van der Waals surface area (Å²) < 4.78 is 102. The van der Waals surface area contributed by atoms with Crippen molar-refractivity contribution in [1.29, 1.82) is 0 Å². The van der Waals surface area contributed by atoms with Gasteiger partial charge in [0.15, 0.2) is 5.82 Å². The van der Waals surface area contributed by atoms with E-state index in [-0.39, 0.29) is 32.9 Å². The van der Waals surface area contributed by atoms with E-state index in [1.54, 1.807) is 0 Å². The quantitative estimate of drug-likeness (QED) is 0.183. The summed E-state index contributed by atoms with van der Waals surface area (Å²) in [5.74, 6) is -4.13. The molecule has 16 heteroatoms. The summed E-state index contributed by atoms with van der Waals surface area (Å²) >= 11 is 11.5. The third kappa shape index (κ3) is 5.29. The van der Waals surface area contributed by atoms with E-state index >= 15 is 0 Å². The van der Waals surface area contributed by atoms with Gasteiger partial charge in [0.1, 0.15) is 0 Å². The Morgan fingerprint density at radius 2 is 1.57 bits per heavy atom. The van der Waals surface area contributed by atoms with E-state index in [4.69, 9.17) is 28.0 Å². The Balaban J connectivity index is 1.46. The number of carbonyl (C=O) groups is 3. The number of amides is 3. The van der Waals surface area contributed by atoms with Crippen LogP contribution < -0.4 is 0 Å². The van der Waals surface area contributed by atoms with Gasteiger partial charge < -0.3 is 9.57 Å². The van der Waals surface area contributed by atoms with Crippen molar-refractivity contribution in [3.63, 3.8) is 0 Å². The van der Waals surface area contributed by atoms with Gasteiger partial charge in [-0.1, -0.05) is 34.4 Å². The van der Waals surface area contributed by atoms with Crippen LogP contribution in [0.3, 0.4) is 0 Å². The Morgan fingerprint density at radius 1 is 0.977 bits per heavy atom. The molecule has 1 heterocycles. The summed E-state index contributed by atoms with van der Waals surface area (Å²) in [6.45, 7) is 2.81. The van der Waals surface area contributed by atoms with Crippen molar-refractivity contribution >= 4 is 46.8 Å². The number of halogens is 9.